The van der Waals surface area contributed by atoms with Crippen LogP contribution >= 0.6 is 0 Å². The van der Waals surface area contributed by atoms with E-state index < -0.39 is 5.79 Å². The molecule has 162 valence electrons. The zero-order valence-corrected chi connectivity index (χ0v) is 17.8. The van der Waals surface area contributed by atoms with Crippen LogP contribution in [-0.4, -0.2) is 50.8 Å². The normalized spacial score (nSPS) is 20.4. The number of carbonyl (C=O) groups is 1. The lowest BCUT2D eigenvalue weighted by Crippen LogP contribution is -2.37. The Morgan fingerprint density at radius 2 is 1.66 bits per heavy atom. The van der Waals surface area contributed by atoms with Gasteiger partial charge in [-0.15, -0.1) is 0 Å². The predicted octanol–water partition coefficient (Wildman–Crippen LogP) is 3.69. The van der Waals surface area contributed by atoms with Crippen molar-refractivity contribution >= 4 is 5.91 Å². The van der Waals surface area contributed by atoms with Gasteiger partial charge in [-0.3, -0.25) is 4.79 Å². The van der Waals surface area contributed by atoms with Gasteiger partial charge in [0.15, 0.2) is 17.3 Å². The van der Waals surface area contributed by atoms with Gasteiger partial charge in [-0.05, 0) is 45.7 Å². The van der Waals surface area contributed by atoms with Gasteiger partial charge in [0.05, 0.1) is 26.4 Å². The molecule has 1 amide bonds. The number of hydrogen-bond acceptors (Lipinski definition) is 6. The van der Waals surface area contributed by atoms with Crippen LogP contribution in [0.5, 0.6) is 17.2 Å². The van der Waals surface area contributed by atoms with Crippen molar-refractivity contribution < 1.29 is 28.5 Å². The van der Waals surface area contributed by atoms with Crippen LogP contribution < -0.4 is 19.5 Å². The first-order chi connectivity index (χ1) is 14.1. The average molecular weight is 408 g/mol. The van der Waals surface area contributed by atoms with Crippen molar-refractivity contribution in [3.8, 4) is 17.2 Å². The minimum Gasteiger partial charge on any atom is -0.490 e. The molecular formula is C22H33NO6. The number of hydrogen-bond donors (Lipinski definition) is 1. The monoisotopic (exact) mass is 407 g/mol. The van der Waals surface area contributed by atoms with Crippen LogP contribution in [0.15, 0.2) is 12.1 Å². The van der Waals surface area contributed by atoms with Gasteiger partial charge in [-0.1, -0.05) is 6.42 Å². The van der Waals surface area contributed by atoms with E-state index in [0.29, 0.717) is 55.8 Å². The summed E-state index contributed by atoms with van der Waals surface area (Å²) in [6.45, 7) is 8.00. The Hall–Kier alpha value is -1.99. The highest BCUT2D eigenvalue weighted by molar-refractivity contribution is 5.95. The molecule has 1 spiro atoms. The van der Waals surface area contributed by atoms with Crippen molar-refractivity contribution in [2.45, 2.75) is 64.8 Å². The lowest BCUT2D eigenvalue weighted by molar-refractivity contribution is -0.186. The molecule has 1 aliphatic carbocycles. The fourth-order valence-electron chi connectivity index (χ4n) is 3.90. The predicted molar refractivity (Wildman–Crippen MR) is 109 cm³/mol. The van der Waals surface area contributed by atoms with E-state index >= 15 is 0 Å². The Kier molecular flexibility index (Phi) is 7.61. The standard InChI is InChI=1S/C22H33NO6/c1-4-25-18-12-16(13-19(26-5-2)20(18)27-6-3)21(24)23-14-17-15-28-22(29-17)10-8-7-9-11-22/h12-13,17H,4-11,14-15H2,1-3H3,(H,23,24)/t17-/m1/s1. The molecule has 7 heteroatoms. The highest BCUT2D eigenvalue weighted by Gasteiger charge is 2.42. The largest absolute Gasteiger partial charge is 0.490 e. The molecule has 2 aliphatic rings. The molecular weight excluding hydrogens is 374 g/mol. The van der Waals surface area contributed by atoms with Crippen LogP contribution in [0.1, 0.15) is 63.2 Å². The van der Waals surface area contributed by atoms with Gasteiger partial charge in [0.25, 0.3) is 5.91 Å². The van der Waals surface area contributed by atoms with Crippen LogP contribution in [0.2, 0.25) is 0 Å². The molecule has 2 fully saturated rings. The molecule has 7 nitrogen and oxygen atoms in total. The number of ether oxygens (including phenoxy) is 5. The number of benzene rings is 1. The molecule has 1 aromatic rings. The second-order valence-corrected chi connectivity index (χ2v) is 7.33. The third-order valence-corrected chi connectivity index (χ3v) is 5.19. The Bertz CT molecular complexity index is 659. The highest BCUT2D eigenvalue weighted by atomic mass is 16.7. The molecule has 0 aromatic heterocycles. The summed E-state index contributed by atoms with van der Waals surface area (Å²) in [7, 11) is 0. The third-order valence-electron chi connectivity index (χ3n) is 5.19. The summed E-state index contributed by atoms with van der Waals surface area (Å²) in [5.41, 5.74) is 0.464. The summed E-state index contributed by atoms with van der Waals surface area (Å²) < 4.78 is 29.2. The fraction of sp³-hybridized carbons (Fsp3) is 0.682. The van der Waals surface area contributed by atoms with Crippen molar-refractivity contribution in [2.24, 2.45) is 0 Å². The first kappa shape index (κ1) is 21.7. The summed E-state index contributed by atoms with van der Waals surface area (Å²) in [6, 6.07) is 3.39. The van der Waals surface area contributed by atoms with E-state index in [0.717, 1.165) is 25.7 Å². The van der Waals surface area contributed by atoms with Crippen molar-refractivity contribution in [1.29, 1.82) is 0 Å². The maximum Gasteiger partial charge on any atom is 0.251 e. The molecule has 3 rings (SSSR count). The molecule has 1 saturated heterocycles. The van der Waals surface area contributed by atoms with Crippen LogP contribution in [0.25, 0.3) is 0 Å². The molecule has 1 N–H and O–H groups in total. The summed E-state index contributed by atoms with van der Waals surface area (Å²) in [4.78, 5) is 12.8. The molecule has 1 saturated carbocycles. The molecule has 1 heterocycles. The van der Waals surface area contributed by atoms with Gasteiger partial charge in [0.1, 0.15) is 6.10 Å². The van der Waals surface area contributed by atoms with Crippen LogP contribution in [0.4, 0.5) is 0 Å². The number of nitrogens with one attached hydrogen (secondary N) is 1. The SMILES string of the molecule is CCOc1cc(C(=O)NC[C@@H]2COC3(CCCCC3)O2)cc(OCC)c1OCC. The second-order valence-electron chi connectivity index (χ2n) is 7.33. The summed E-state index contributed by atoms with van der Waals surface area (Å²) in [5.74, 6) is 0.902. The van der Waals surface area contributed by atoms with E-state index in [-0.39, 0.29) is 12.0 Å². The van der Waals surface area contributed by atoms with Crippen molar-refractivity contribution in [3.05, 3.63) is 17.7 Å². The fourth-order valence-corrected chi connectivity index (χ4v) is 3.90. The van der Waals surface area contributed by atoms with Crippen molar-refractivity contribution in [3.63, 3.8) is 0 Å². The van der Waals surface area contributed by atoms with Crippen LogP contribution in [0, 0.1) is 0 Å². The molecule has 29 heavy (non-hydrogen) atoms. The quantitative estimate of drug-likeness (QED) is 0.673. The number of carbonyl (C=O) groups excluding carboxylic acids is 1. The van der Waals surface area contributed by atoms with Gasteiger partial charge in [0.2, 0.25) is 5.75 Å². The van der Waals surface area contributed by atoms with Gasteiger partial charge in [0, 0.05) is 24.9 Å². The molecule has 0 radical (unpaired) electrons. The number of rotatable bonds is 9. The van der Waals surface area contributed by atoms with E-state index in [1.165, 1.54) is 6.42 Å². The first-order valence-electron chi connectivity index (χ1n) is 10.8. The molecule has 1 aromatic carbocycles. The second kappa shape index (κ2) is 10.2. The van der Waals surface area contributed by atoms with Crippen molar-refractivity contribution in [1.82, 2.24) is 5.32 Å². The third kappa shape index (κ3) is 5.34. The number of amides is 1. The Labute approximate surface area is 173 Å². The van der Waals surface area contributed by atoms with Crippen molar-refractivity contribution in [2.75, 3.05) is 33.0 Å². The zero-order chi connectivity index (χ0) is 20.7. The Morgan fingerprint density at radius 1 is 1.03 bits per heavy atom. The molecule has 1 aliphatic heterocycles. The average Bonchev–Trinajstić information content (AvgIpc) is 3.11. The lowest BCUT2D eigenvalue weighted by atomic mass is 9.94. The summed E-state index contributed by atoms with van der Waals surface area (Å²) in [6.07, 6.45) is 5.24. The minimum atomic E-state index is -0.433. The van der Waals surface area contributed by atoms with Gasteiger partial charge < -0.3 is 29.0 Å². The minimum absolute atomic E-state index is 0.127. The molecule has 0 bridgehead atoms. The summed E-state index contributed by atoms with van der Waals surface area (Å²) >= 11 is 0. The Morgan fingerprint density at radius 3 is 2.24 bits per heavy atom. The van der Waals surface area contributed by atoms with E-state index in [2.05, 4.69) is 5.32 Å². The maximum absolute atomic E-state index is 12.8. The van der Waals surface area contributed by atoms with Gasteiger partial charge in [-0.2, -0.15) is 0 Å². The van der Waals surface area contributed by atoms with Crippen LogP contribution in [-0.2, 0) is 9.47 Å². The van der Waals surface area contributed by atoms with Gasteiger partial charge in [-0.25, -0.2) is 0 Å². The highest BCUT2D eigenvalue weighted by Crippen LogP contribution is 2.39. The maximum atomic E-state index is 12.8. The topological polar surface area (TPSA) is 75.3 Å². The van der Waals surface area contributed by atoms with Crippen LogP contribution in [0.3, 0.4) is 0 Å². The first-order valence-corrected chi connectivity index (χ1v) is 10.8. The van der Waals surface area contributed by atoms with Gasteiger partial charge >= 0.3 is 0 Å². The summed E-state index contributed by atoms with van der Waals surface area (Å²) in [5, 5.41) is 2.96. The van der Waals surface area contributed by atoms with E-state index in [1.54, 1.807) is 12.1 Å². The lowest BCUT2D eigenvalue weighted by Gasteiger charge is -2.31. The smallest absolute Gasteiger partial charge is 0.251 e. The van der Waals surface area contributed by atoms with E-state index in [1.807, 2.05) is 20.8 Å². The van der Waals surface area contributed by atoms with E-state index in [4.69, 9.17) is 23.7 Å². The zero-order valence-electron chi connectivity index (χ0n) is 17.8. The van der Waals surface area contributed by atoms with E-state index in [9.17, 15) is 4.79 Å². The molecule has 1 atom stereocenters. The Balaban J connectivity index is 1.66. The molecule has 0 unspecified atom stereocenters.